The van der Waals surface area contributed by atoms with Crippen LogP contribution in [0.1, 0.15) is 132 Å². The fourth-order valence-corrected chi connectivity index (χ4v) is 10.1. The number of allylic oxidation sites excluding steroid dienone is 6. The van der Waals surface area contributed by atoms with E-state index in [1.54, 1.807) is 24.3 Å². The van der Waals surface area contributed by atoms with Crippen LogP contribution >= 0.6 is 0 Å². The summed E-state index contributed by atoms with van der Waals surface area (Å²) in [6, 6.07) is 14.9. The molecule has 3 aromatic rings. The number of imide groups is 2. The van der Waals surface area contributed by atoms with Crippen LogP contribution in [0.5, 0.6) is 0 Å². The van der Waals surface area contributed by atoms with E-state index in [0.717, 1.165) is 62.8 Å². The van der Waals surface area contributed by atoms with E-state index in [2.05, 4.69) is 37.3 Å². The molecule has 61 heavy (non-hydrogen) atoms. The number of para-hydroxylation sites is 1. The lowest BCUT2D eigenvalue weighted by atomic mass is 9.81. The minimum absolute atomic E-state index is 0.0504. The monoisotopic (exact) mass is 816 g/mol. The Morgan fingerprint density at radius 2 is 1.61 bits per heavy atom. The summed E-state index contributed by atoms with van der Waals surface area (Å²) in [7, 11) is 1.36. The molecule has 2 N–H and O–H groups in total. The number of hydrogen-bond donors (Lipinski definition) is 2. The number of aryl methyl sites for hydroxylation is 1. The molecule has 4 amide bonds. The zero-order chi connectivity index (χ0) is 43.0. The Morgan fingerprint density at radius 3 is 2.33 bits per heavy atom. The van der Waals surface area contributed by atoms with Gasteiger partial charge in [-0.25, -0.2) is 9.97 Å². The lowest BCUT2D eigenvalue weighted by Gasteiger charge is -2.30. The number of carbonyl (C=O) groups is 5. The smallest absolute Gasteiger partial charge is 0.305 e. The maximum absolute atomic E-state index is 15.3. The van der Waals surface area contributed by atoms with E-state index in [0.29, 0.717) is 51.9 Å². The van der Waals surface area contributed by atoms with Crippen LogP contribution < -0.4 is 4.90 Å². The molecule has 9 rings (SSSR count). The Bertz CT molecular complexity index is 2800. The number of amides is 4. The molecule has 1 fully saturated rings. The molecule has 0 unspecified atom stereocenters. The molecule has 1 aromatic carbocycles. The molecule has 0 spiro atoms. The second kappa shape index (κ2) is 15.1. The summed E-state index contributed by atoms with van der Waals surface area (Å²) < 4.78 is 5.06. The van der Waals surface area contributed by atoms with E-state index in [4.69, 9.17) is 14.7 Å². The van der Waals surface area contributed by atoms with Crippen molar-refractivity contribution in [2.75, 3.05) is 18.6 Å². The maximum atomic E-state index is 15.3. The zero-order valence-electron chi connectivity index (χ0n) is 35.3. The van der Waals surface area contributed by atoms with Crippen molar-refractivity contribution < 1.29 is 28.7 Å². The summed E-state index contributed by atoms with van der Waals surface area (Å²) in [4.78, 5) is 90.0. The van der Waals surface area contributed by atoms with Gasteiger partial charge in [-0.2, -0.15) is 0 Å². The minimum atomic E-state index is -0.604. The van der Waals surface area contributed by atoms with Crippen molar-refractivity contribution in [2.45, 2.75) is 78.6 Å². The molecule has 6 aliphatic rings. The Morgan fingerprint density at radius 1 is 0.902 bits per heavy atom. The number of nitrogens with zero attached hydrogens (tertiary/aromatic N) is 4. The fraction of sp³-hybridized carbons (Fsp3) is 0.327. The fourth-order valence-electron chi connectivity index (χ4n) is 10.1. The van der Waals surface area contributed by atoms with Crippen LogP contribution in [0, 0.1) is 18.8 Å². The van der Waals surface area contributed by atoms with Crippen molar-refractivity contribution in [1.82, 2.24) is 24.8 Å². The van der Waals surface area contributed by atoms with Crippen LogP contribution in [0.25, 0.3) is 33.3 Å². The lowest BCUT2D eigenvalue weighted by Crippen LogP contribution is -2.42. The van der Waals surface area contributed by atoms with E-state index in [9.17, 15) is 19.2 Å². The first-order valence-corrected chi connectivity index (χ1v) is 21.0. The van der Waals surface area contributed by atoms with E-state index < -0.39 is 23.7 Å². The van der Waals surface area contributed by atoms with Crippen molar-refractivity contribution in [2.24, 2.45) is 11.8 Å². The number of H-pyrrole nitrogens is 2. The van der Waals surface area contributed by atoms with Crippen molar-refractivity contribution in [1.29, 1.82) is 0 Å². The summed E-state index contributed by atoms with van der Waals surface area (Å²) in [5, 5.41) is 0. The van der Waals surface area contributed by atoms with Crippen LogP contribution in [0.4, 0.5) is 5.69 Å². The molecule has 0 radical (unpaired) electrons. The average Bonchev–Trinajstić information content (AvgIpc) is 3.99. The Balaban J connectivity index is 1.23. The number of carbonyl (C=O) groups excluding carboxylic acids is 5. The van der Waals surface area contributed by atoms with Crippen LogP contribution in [0.3, 0.4) is 0 Å². The van der Waals surface area contributed by atoms with Crippen LogP contribution in [-0.4, -0.2) is 68.1 Å². The number of hydrogen-bond acceptors (Lipinski definition) is 8. The van der Waals surface area contributed by atoms with Gasteiger partial charge in [0.2, 0.25) is 11.8 Å². The largest absolute Gasteiger partial charge is 0.469 e. The number of benzene rings is 1. The summed E-state index contributed by atoms with van der Waals surface area (Å²) in [6.07, 6.45) is 5.50. The van der Waals surface area contributed by atoms with Gasteiger partial charge >= 0.3 is 5.97 Å². The highest BCUT2D eigenvalue weighted by Gasteiger charge is 2.50. The molecule has 5 aliphatic heterocycles. The number of aromatic nitrogens is 4. The predicted molar refractivity (Wildman–Crippen MR) is 234 cm³/mol. The van der Waals surface area contributed by atoms with Crippen LogP contribution in [0.15, 0.2) is 72.8 Å². The Hall–Kier alpha value is -6.69. The molecular weight excluding hydrogens is 769 g/mol. The molecule has 7 heterocycles. The van der Waals surface area contributed by atoms with Gasteiger partial charge in [0.15, 0.2) is 0 Å². The lowest BCUT2D eigenvalue weighted by molar-refractivity contribution is -0.140. The van der Waals surface area contributed by atoms with Crippen molar-refractivity contribution in [3.05, 3.63) is 124 Å². The first-order valence-electron chi connectivity index (χ1n) is 21.0. The zero-order valence-corrected chi connectivity index (χ0v) is 35.3. The number of esters is 1. The van der Waals surface area contributed by atoms with Gasteiger partial charge in [-0.05, 0) is 99.1 Å². The number of nitrogens with one attached hydrogen (secondary N) is 2. The van der Waals surface area contributed by atoms with Gasteiger partial charge in [-0.15, -0.1) is 0 Å². The predicted octanol–water partition coefficient (Wildman–Crippen LogP) is 8.77. The molecule has 1 aliphatic carbocycles. The van der Waals surface area contributed by atoms with E-state index in [-0.39, 0.29) is 49.0 Å². The quantitative estimate of drug-likeness (QED) is 0.130. The van der Waals surface area contributed by atoms with Crippen molar-refractivity contribution >= 4 is 68.6 Å². The highest BCUT2D eigenvalue weighted by atomic mass is 16.5. The SMILES string of the molecule is C=CC1=C(C)c2cc3[nH]c(c4c5[nH]c(cc6nc(cc1n2)C(C)=C6CC)c(C)c5C(=O)N(CC1=CC[C@@H]2C(=O)N(c5ccccc5)C(=O)[C@@H]2C1)C4=O)[C@@H](CCC(=O)OC)[C@@H]3C. The topological polar surface area (TPSA) is 158 Å². The highest BCUT2D eigenvalue weighted by Crippen LogP contribution is 2.46. The number of fused-ring (bicyclic) bond motifs is 9. The number of methoxy groups -OCH3 is 1. The number of rotatable bonds is 8. The van der Waals surface area contributed by atoms with Gasteiger partial charge < -0.3 is 14.7 Å². The number of anilines is 1. The normalized spacial score (nSPS) is 21.6. The third kappa shape index (κ3) is 6.30. The molecule has 4 atom stereocenters. The molecule has 0 saturated carbocycles. The standard InChI is InChI=1S/C49H48N6O6/c1-8-30-24(3)35-20-37-26(5)32(17-18-41(56)61-7)44(52-37)43-45-42(27(6)38(53-45)22-40-31(9-2)25(4)36(51-40)21-39(30)50-35)48(59)54(49(43)60)23-28-15-16-33-34(19-28)47(58)55(46(33)57)29-13-11-10-12-14-29/h8,10-15,20-22,26,32-34,52-53H,1,9,16-19,23H2,2-7H3/t26-,32-,33-,34+/m0/s1. The second-order valence-corrected chi connectivity index (χ2v) is 16.7. The van der Waals surface area contributed by atoms with Gasteiger partial charge in [-0.3, -0.25) is 33.8 Å². The maximum Gasteiger partial charge on any atom is 0.305 e. The average molecular weight is 817 g/mol. The molecule has 310 valence electrons. The minimum Gasteiger partial charge on any atom is -0.469 e. The molecule has 1 saturated heterocycles. The second-order valence-electron chi connectivity index (χ2n) is 16.7. The van der Waals surface area contributed by atoms with E-state index in [1.165, 1.54) is 16.9 Å². The number of ether oxygens (including phenoxy) is 1. The van der Waals surface area contributed by atoms with Gasteiger partial charge in [0.25, 0.3) is 11.8 Å². The van der Waals surface area contributed by atoms with Crippen molar-refractivity contribution in [3.8, 4) is 0 Å². The van der Waals surface area contributed by atoms with E-state index in [1.807, 2.05) is 50.3 Å². The van der Waals surface area contributed by atoms with Crippen LogP contribution in [-0.2, 0) is 19.1 Å². The Kier molecular flexibility index (Phi) is 9.84. The molecule has 2 aromatic heterocycles. The first kappa shape index (κ1) is 39.8. The highest BCUT2D eigenvalue weighted by molar-refractivity contribution is 6.24. The third-order valence-corrected chi connectivity index (χ3v) is 13.5. The summed E-state index contributed by atoms with van der Waals surface area (Å²) >= 11 is 0. The summed E-state index contributed by atoms with van der Waals surface area (Å²) in [6.45, 7) is 14.1. The van der Waals surface area contributed by atoms with Gasteiger partial charge in [-0.1, -0.05) is 56.4 Å². The van der Waals surface area contributed by atoms with Gasteiger partial charge in [0.05, 0.1) is 70.6 Å². The van der Waals surface area contributed by atoms with Crippen molar-refractivity contribution in [3.63, 3.8) is 0 Å². The van der Waals surface area contributed by atoms with Crippen LogP contribution in [0.2, 0.25) is 0 Å². The van der Waals surface area contributed by atoms with Gasteiger partial charge in [0.1, 0.15) is 0 Å². The molecule has 12 heteroatoms. The summed E-state index contributed by atoms with van der Waals surface area (Å²) in [5.74, 6) is -3.48. The summed E-state index contributed by atoms with van der Waals surface area (Å²) in [5.41, 5.74) is 12.0. The number of aromatic amines is 2. The van der Waals surface area contributed by atoms with E-state index >= 15 is 4.79 Å². The molecule has 8 bridgehead atoms. The first-order chi connectivity index (χ1) is 29.3. The third-order valence-electron chi connectivity index (χ3n) is 13.5. The Labute approximate surface area is 353 Å². The molecular formula is C49H48N6O6. The molecule has 12 nitrogen and oxygen atoms in total. The van der Waals surface area contributed by atoms with Gasteiger partial charge in [0, 0.05) is 40.7 Å².